The van der Waals surface area contributed by atoms with Crippen molar-refractivity contribution in [3.63, 3.8) is 0 Å². The van der Waals surface area contributed by atoms with E-state index in [2.05, 4.69) is 30.1 Å². The average Bonchev–Trinajstić information content (AvgIpc) is 2.24. The molecule has 88 valence electrons. The van der Waals surface area contributed by atoms with Crippen LogP contribution in [0.4, 0.5) is 0 Å². The summed E-state index contributed by atoms with van der Waals surface area (Å²) in [6.45, 7) is 8.24. The first-order valence-electron chi connectivity index (χ1n) is 5.89. The van der Waals surface area contributed by atoms with Gasteiger partial charge in [0.25, 0.3) is 0 Å². The number of piperazine rings is 1. The predicted octanol–water partition coefficient (Wildman–Crippen LogP) is 1.49. The Morgan fingerprint density at radius 3 is 3.06 bits per heavy atom. The van der Waals surface area contributed by atoms with Gasteiger partial charge in [0.2, 0.25) is 0 Å². The molecule has 1 fully saturated rings. The lowest BCUT2D eigenvalue weighted by atomic mass is 10.1. The van der Waals surface area contributed by atoms with Gasteiger partial charge >= 0.3 is 0 Å². The molecule has 1 aliphatic rings. The van der Waals surface area contributed by atoms with E-state index in [4.69, 9.17) is 0 Å². The molecule has 1 aliphatic heterocycles. The van der Waals surface area contributed by atoms with Crippen LogP contribution in [0.15, 0.2) is 18.2 Å². The molecular weight excluding hydrogens is 200 g/mol. The molecule has 3 nitrogen and oxygen atoms in total. The van der Waals surface area contributed by atoms with Crippen molar-refractivity contribution in [3.05, 3.63) is 29.3 Å². The number of phenols is 1. The highest BCUT2D eigenvalue weighted by Crippen LogP contribution is 2.20. The van der Waals surface area contributed by atoms with Gasteiger partial charge in [0.15, 0.2) is 0 Å². The Balaban J connectivity index is 2.05. The highest BCUT2D eigenvalue weighted by Gasteiger charge is 2.16. The maximum Gasteiger partial charge on any atom is 0.120 e. The van der Waals surface area contributed by atoms with Crippen LogP contribution in [0.3, 0.4) is 0 Å². The number of hydrogen-bond donors (Lipinski definition) is 2. The molecule has 3 heteroatoms. The molecule has 0 amide bonds. The molecule has 2 rings (SSSR count). The Bertz CT molecular complexity index is 365. The SMILES string of the molecule is Cc1ccc(O)c(CN2CCNC(C)C2)c1. The monoisotopic (exact) mass is 220 g/mol. The van der Waals surface area contributed by atoms with Crippen LogP contribution in [0.1, 0.15) is 18.1 Å². The minimum atomic E-state index is 0.414. The van der Waals surface area contributed by atoms with E-state index >= 15 is 0 Å². The molecule has 1 saturated heterocycles. The lowest BCUT2D eigenvalue weighted by Gasteiger charge is -2.32. The first kappa shape index (κ1) is 11.4. The summed E-state index contributed by atoms with van der Waals surface area (Å²) in [5.41, 5.74) is 2.24. The van der Waals surface area contributed by atoms with Crippen LogP contribution in [0.2, 0.25) is 0 Å². The second-order valence-corrected chi connectivity index (χ2v) is 4.72. The van der Waals surface area contributed by atoms with E-state index in [1.807, 2.05) is 6.07 Å². The van der Waals surface area contributed by atoms with Crippen molar-refractivity contribution < 1.29 is 5.11 Å². The lowest BCUT2D eigenvalue weighted by molar-refractivity contribution is 0.198. The summed E-state index contributed by atoms with van der Waals surface area (Å²) in [5.74, 6) is 0.414. The normalized spacial score (nSPS) is 22.2. The zero-order valence-electron chi connectivity index (χ0n) is 10.0. The molecule has 0 aliphatic carbocycles. The van der Waals surface area contributed by atoms with Crippen molar-refractivity contribution in [2.24, 2.45) is 0 Å². The molecule has 2 N–H and O–H groups in total. The number of rotatable bonds is 2. The van der Waals surface area contributed by atoms with Gasteiger partial charge in [0.05, 0.1) is 0 Å². The minimum Gasteiger partial charge on any atom is -0.508 e. The average molecular weight is 220 g/mol. The van der Waals surface area contributed by atoms with E-state index in [0.29, 0.717) is 11.8 Å². The third-order valence-electron chi connectivity index (χ3n) is 3.08. The van der Waals surface area contributed by atoms with Crippen LogP contribution in [0.25, 0.3) is 0 Å². The molecule has 1 heterocycles. The van der Waals surface area contributed by atoms with Gasteiger partial charge in [-0.1, -0.05) is 17.7 Å². The van der Waals surface area contributed by atoms with Crippen molar-refractivity contribution in [2.45, 2.75) is 26.4 Å². The van der Waals surface area contributed by atoms with E-state index < -0.39 is 0 Å². The fourth-order valence-electron chi connectivity index (χ4n) is 2.24. The number of nitrogens with one attached hydrogen (secondary N) is 1. The third kappa shape index (κ3) is 2.74. The Morgan fingerprint density at radius 1 is 1.50 bits per heavy atom. The van der Waals surface area contributed by atoms with Gasteiger partial charge in [-0.3, -0.25) is 4.90 Å². The van der Waals surface area contributed by atoms with Gasteiger partial charge in [-0.15, -0.1) is 0 Å². The Hall–Kier alpha value is -1.06. The molecule has 1 aromatic rings. The zero-order chi connectivity index (χ0) is 11.5. The van der Waals surface area contributed by atoms with E-state index in [1.54, 1.807) is 6.07 Å². The Kier molecular flexibility index (Phi) is 3.46. The summed E-state index contributed by atoms with van der Waals surface area (Å²) in [5, 5.41) is 13.2. The number of nitrogens with zero attached hydrogens (tertiary/aromatic N) is 1. The number of benzene rings is 1. The molecule has 0 aromatic heterocycles. The van der Waals surface area contributed by atoms with Crippen molar-refractivity contribution >= 4 is 0 Å². The fourth-order valence-corrected chi connectivity index (χ4v) is 2.24. The first-order valence-corrected chi connectivity index (χ1v) is 5.89. The second-order valence-electron chi connectivity index (χ2n) is 4.72. The summed E-state index contributed by atoms with van der Waals surface area (Å²) in [6, 6.07) is 6.35. The van der Waals surface area contributed by atoms with Crippen molar-refractivity contribution in [3.8, 4) is 5.75 Å². The molecule has 0 radical (unpaired) electrons. The van der Waals surface area contributed by atoms with E-state index in [1.165, 1.54) is 5.56 Å². The predicted molar refractivity (Wildman–Crippen MR) is 65.6 cm³/mol. The third-order valence-corrected chi connectivity index (χ3v) is 3.08. The topological polar surface area (TPSA) is 35.5 Å². The van der Waals surface area contributed by atoms with E-state index in [9.17, 15) is 5.11 Å². The number of aromatic hydroxyl groups is 1. The van der Waals surface area contributed by atoms with Crippen molar-refractivity contribution in [1.82, 2.24) is 10.2 Å². The maximum absolute atomic E-state index is 9.79. The van der Waals surface area contributed by atoms with E-state index in [-0.39, 0.29) is 0 Å². The van der Waals surface area contributed by atoms with Crippen LogP contribution < -0.4 is 5.32 Å². The van der Waals surface area contributed by atoms with Gasteiger partial charge in [-0.2, -0.15) is 0 Å². The summed E-state index contributed by atoms with van der Waals surface area (Å²) in [7, 11) is 0. The van der Waals surface area contributed by atoms with Crippen LogP contribution in [0.5, 0.6) is 5.75 Å². The maximum atomic E-state index is 9.79. The van der Waals surface area contributed by atoms with Crippen LogP contribution in [0, 0.1) is 6.92 Å². The summed E-state index contributed by atoms with van der Waals surface area (Å²) >= 11 is 0. The second kappa shape index (κ2) is 4.85. The molecule has 1 atom stereocenters. The van der Waals surface area contributed by atoms with Crippen molar-refractivity contribution in [2.75, 3.05) is 19.6 Å². The lowest BCUT2D eigenvalue weighted by Crippen LogP contribution is -2.48. The van der Waals surface area contributed by atoms with Gasteiger partial charge in [-0.05, 0) is 19.9 Å². The van der Waals surface area contributed by atoms with Crippen LogP contribution in [-0.4, -0.2) is 35.7 Å². The summed E-state index contributed by atoms with van der Waals surface area (Å²) < 4.78 is 0. The van der Waals surface area contributed by atoms with Crippen LogP contribution in [-0.2, 0) is 6.54 Å². The van der Waals surface area contributed by atoms with E-state index in [0.717, 1.165) is 31.7 Å². The van der Waals surface area contributed by atoms with Gasteiger partial charge in [0.1, 0.15) is 5.75 Å². The molecule has 0 saturated carbocycles. The first-order chi connectivity index (χ1) is 7.65. The van der Waals surface area contributed by atoms with Gasteiger partial charge in [0, 0.05) is 37.8 Å². The minimum absolute atomic E-state index is 0.414. The van der Waals surface area contributed by atoms with Crippen LogP contribution >= 0.6 is 0 Å². The number of aryl methyl sites for hydroxylation is 1. The van der Waals surface area contributed by atoms with Crippen molar-refractivity contribution in [1.29, 1.82) is 0 Å². The summed E-state index contributed by atoms with van der Waals surface area (Å²) in [6.07, 6.45) is 0. The highest BCUT2D eigenvalue weighted by atomic mass is 16.3. The van der Waals surface area contributed by atoms with Gasteiger partial charge < -0.3 is 10.4 Å². The molecular formula is C13H20N2O. The zero-order valence-corrected chi connectivity index (χ0v) is 10.0. The Morgan fingerprint density at radius 2 is 2.31 bits per heavy atom. The number of hydrogen-bond acceptors (Lipinski definition) is 3. The molecule has 1 unspecified atom stereocenters. The molecule has 0 spiro atoms. The fraction of sp³-hybridized carbons (Fsp3) is 0.538. The smallest absolute Gasteiger partial charge is 0.120 e. The largest absolute Gasteiger partial charge is 0.508 e. The Labute approximate surface area is 97.1 Å². The summed E-state index contributed by atoms with van der Waals surface area (Å²) in [4.78, 5) is 2.38. The standard InChI is InChI=1S/C13H20N2O/c1-10-3-4-13(16)12(7-10)9-15-6-5-14-11(2)8-15/h3-4,7,11,14,16H,5-6,8-9H2,1-2H3. The molecule has 16 heavy (non-hydrogen) atoms. The van der Waals surface area contributed by atoms with Gasteiger partial charge in [-0.25, -0.2) is 0 Å². The number of phenolic OH excluding ortho intramolecular Hbond substituents is 1. The quantitative estimate of drug-likeness (QED) is 0.792. The molecule has 0 bridgehead atoms. The highest BCUT2D eigenvalue weighted by molar-refractivity contribution is 5.35. The molecule has 1 aromatic carbocycles.